The largest absolute Gasteiger partial charge is 0.234 e. The Kier molecular flexibility index (Phi) is 4.71. The number of benzene rings is 1. The zero-order valence-electron chi connectivity index (χ0n) is 9.33. The van der Waals surface area contributed by atoms with Crippen LogP contribution in [0.1, 0.15) is 26.3 Å². The summed E-state index contributed by atoms with van der Waals surface area (Å²) in [7, 11) is -1.26. The van der Waals surface area contributed by atoms with Crippen molar-refractivity contribution in [2.75, 3.05) is 0 Å². The molecule has 0 fully saturated rings. The molecular weight excluding hydrogens is 310 g/mol. The normalized spacial score (nSPS) is 14.3. The van der Waals surface area contributed by atoms with Crippen molar-refractivity contribution in [1.29, 1.82) is 0 Å². The molecule has 16 heavy (non-hydrogen) atoms. The highest BCUT2D eigenvalue weighted by Gasteiger charge is 2.18. The number of rotatable bonds is 2. The highest BCUT2D eigenvalue weighted by atomic mass is 79.9. The van der Waals surface area contributed by atoms with Gasteiger partial charge < -0.3 is 0 Å². The first kappa shape index (κ1) is 13.9. The molecule has 0 aliphatic rings. The van der Waals surface area contributed by atoms with Gasteiger partial charge in [-0.1, -0.05) is 33.6 Å². The van der Waals surface area contributed by atoms with Crippen LogP contribution >= 0.6 is 27.5 Å². The van der Waals surface area contributed by atoms with Gasteiger partial charge in [0.15, 0.2) is 0 Å². The first-order chi connectivity index (χ1) is 7.32. The molecule has 0 aliphatic heterocycles. The lowest BCUT2D eigenvalue weighted by Crippen LogP contribution is -2.19. The third-order valence-corrected chi connectivity index (χ3v) is 4.17. The molecule has 0 amide bonds. The van der Waals surface area contributed by atoms with Gasteiger partial charge >= 0.3 is 0 Å². The van der Waals surface area contributed by atoms with E-state index in [4.69, 9.17) is 11.6 Å². The van der Waals surface area contributed by atoms with Gasteiger partial charge in [-0.25, -0.2) is 4.21 Å². The molecule has 0 spiro atoms. The van der Waals surface area contributed by atoms with Crippen LogP contribution in [0.4, 0.5) is 0 Å². The lowest BCUT2D eigenvalue weighted by Gasteiger charge is -2.12. The number of nitrogens with zero attached hydrogens (tertiary/aromatic N) is 1. The lowest BCUT2D eigenvalue weighted by atomic mass is 10.2. The van der Waals surface area contributed by atoms with Crippen molar-refractivity contribution < 1.29 is 4.21 Å². The molecule has 1 rings (SSSR count). The fraction of sp³-hybridized carbons (Fsp3) is 0.364. The highest BCUT2D eigenvalue weighted by molar-refractivity contribution is 9.10. The minimum Gasteiger partial charge on any atom is -0.234 e. The van der Waals surface area contributed by atoms with E-state index in [-0.39, 0.29) is 4.75 Å². The topological polar surface area (TPSA) is 29.4 Å². The Morgan fingerprint density at radius 1 is 1.44 bits per heavy atom. The molecule has 1 aromatic rings. The summed E-state index contributed by atoms with van der Waals surface area (Å²) in [6.07, 6.45) is 1.55. The van der Waals surface area contributed by atoms with Crippen LogP contribution in [0, 0.1) is 0 Å². The molecule has 0 aromatic heterocycles. The number of hydrogen-bond donors (Lipinski definition) is 0. The van der Waals surface area contributed by atoms with E-state index < -0.39 is 11.0 Å². The van der Waals surface area contributed by atoms with Crippen molar-refractivity contribution in [2.45, 2.75) is 25.5 Å². The van der Waals surface area contributed by atoms with Crippen LogP contribution in [0.2, 0.25) is 5.02 Å². The molecule has 0 saturated heterocycles. The minimum atomic E-state index is -1.26. The molecule has 5 heteroatoms. The van der Waals surface area contributed by atoms with Gasteiger partial charge in [0, 0.05) is 16.3 Å². The summed E-state index contributed by atoms with van der Waals surface area (Å²) in [5.74, 6) is 0. The zero-order valence-corrected chi connectivity index (χ0v) is 12.5. The quantitative estimate of drug-likeness (QED) is 0.757. The highest BCUT2D eigenvalue weighted by Crippen LogP contribution is 2.23. The Hall–Kier alpha value is -0.190. The van der Waals surface area contributed by atoms with E-state index in [9.17, 15) is 4.21 Å². The standard InChI is InChI=1S/C11H13BrClNOS/c1-11(2,3)16(15)14-7-8-9(12)5-4-6-10(8)13/h4-7H,1-3H3/b14-7+/t16-/m1/s1. The van der Waals surface area contributed by atoms with Crippen molar-refractivity contribution in [3.8, 4) is 0 Å². The molecule has 1 aromatic carbocycles. The van der Waals surface area contributed by atoms with E-state index in [1.807, 2.05) is 32.9 Å². The van der Waals surface area contributed by atoms with Gasteiger partial charge in [0.25, 0.3) is 0 Å². The van der Waals surface area contributed by atoms with Crippen molar-refractivity contribution in [2.24, 2.45) is 4.40 Å². The maximum atomic E-state index is 11.7. The van der Waals surface area contributed by atoms with Crippen LogP contribution in [0.5, 0.6) is 0 Å². The van der Waals surface area contributed by atoms with Gasteiger partial charge in [0.2, 0.25) is 0 Å². The van der Waals surface area contributed by atoms with Gasteiger partial charge in [-0.15, -0.1) is 0 Å². The van der Waals surface area contributed by atoms with Crippen molar-refractivity contribution in [3.05, 3.63) is 33.3 Å². The smallest absolute Gasteiger partial charge is 0.144 e. The second kappa shape index (κ2) is 5.43. The Morgan fingerprint density at radius 2 is 2.06 bits per heavy atom. The van der Waals surface area contributed by atoms with E-state index in [2.05, 4.69) is 20.3 Å². The Balaban J connectivity index is 2.98. The third-order valence-electron chi connectivity index (χ3n) is 1.80. The van der Waals surface area contributed by atoms with Crippen LogP contribution in [-0.2, 0) is 11.0 Å². The average molecular weight is 323 g/mol. The molecule has 0 unspecified atom stereocenters. The molecular formula is C11H13BrClNOS. The Bertz CT molecular complexity index is 420. The van der Waals surface area contributed by atoms with Crippen LogP contribution < -0.4 is 0 Å². The summed E-state index contributed by atoms with van der Waals surface area (Å²) in [6.45, 7) is 5.63. The van der Waals surface area contributed by atoms with E-state index in [1.54, 1.807) is 12.3 Å². The molecule has 0 aliphatic carbocycles. The molecule has 0 heterocycles. The van der Waals surface area contributed by atoms with Crippen LogP contribution in [0.25, 0.3) is 0 Å². The van der Waals surface area contributed by atoms with E-state index in [0.29, 0.717) is 5.02 Å². The lowest BCUT2D eigenvalue weighted by molar-refractivity contribution is 0.651. The fourth-order valence-corrected chi connectivity index (χ4v) is 2.22. The van der Waals surface area contributed by atoms with E-state index >= 15 is 0 Å². The predicted octanol–water partition coefficient (Wildman–Crippen LogP) is 3.98. The van der Waals surface area contributed by atoms with Gasteiger partial charge in [0.1, 0.15) is 11.0 Å². The Morgan fingerprint density at radius 3 is 2.56 bits per heavy atom. The molecule has 0 bridgehead atoms. The molecule has 0 saturated carbocycles. The minimum absolute atomic E-state index is 0.357. The average Bonchev–Trinajstić information content (AvgIpc) is 2.15. The molecule has 2 nitrogen and oxygen atoms in total. The second-order valence-electron chi connectivity index (χ2n) is 4.23. The molecule has 88 valence electrons. The van der Waals surface area contributed by atoms with Gasteiger partial charge in [-0.2, -0.15) is 4.40 Å². The molecule has 0 N–H and O–H groups in total. The Labute approximate surface area is 112 Å². The molecule has 0 radical (unpaired) electrons. The summed E-state index contributed by atoms with van der Waals surface area (Å²) in [6, 6.07) is 5.48. The summed E-state index contributed by atoms with van der Waals surface area (Å²) < 4.78 is 16.2. The first-order valence-corrected chi connectivity index (χ1v) is 7.00. The van der Waals surface area contributed by atoms with Gasteiger partial charge in [-0.05, 0) is 32.9 Å². The SMILES string of the molecule is CC(C)(C)[S@@](=O)/N=C/c1c(Cl)cccc1Br. The predicted molar refractivity (Wildman–Crippen MR) is 74.6 cm³/mol. The number of halogens is 2. The monoisotopic (exact) mass is 321 g/mol. The van der Waals surface area contributed by atoms with Crippen molar-refractivity contribution in [3.63, 3.8) is 0 Å². The molecule has 1 atom stereocenters. The maximum Gasteiger partial charge on any atom is 0.144 e. The summed E-state index contributed by atoms with van der Waals surface area (Å²) in [5, 5.41) is 0.587. The van der Waals surface area contributed by atoms with Crippen molar-refractivity contribution >= 4 is 44.7 Å². The summed E-state index contributed by atoms with van der Waals surface area (Å²) >= 11 is 9.38. The number of hydrogen-bond acceptors (Lipinski definition) is 1. The first-order valence-electron chi connectivity index (χ1n) is 4.72. The second-order valence-corrected chi connectivity index (χ2v) is 7.43. The van der Waals surface area contributed by atoms with E-state index in [0.717, 1.165) is 10.0 Å². The van der Waals surface area contributed by atoms with E-state index in [1.165, 1.54) is 0 Å². The summed E-state index contributed by atoms with van der Waals surface area (Å²) in [4.78, 5) is 0. The fourth-order valence-electron chi connectivity index (χ4n) is 0.893. The van der Waals surface area contributed by atoms with Crippen LogP contribution in [-0.4, -0.2) is 15.2 Å². The maximum absolute atomic E-state index is 11.7. The third kappa shape index (κ3) is 3.68. The zero-order chi connectivity index (χ0) is 12.3. The van der Waals surface area contributed by atoms with Gasteiger partial charge in [-0.3, -0.25) is 0 Å². The van der Waals surface area contributed by atoms with Gasteiger partial charge in [0.05, 0.1) is 9.77 Å². The van der Waals surface area contributed by atoms with Crippen LogP contribution in [0.15, 0.2) is 27.1 Å². The van der Waals surface area contributed by atoms with Crippen molar-refractivity contribution in [1.82, 2.24) is 0 Å². The van der Waals surface area contributed by atoms with Crippen LogP contribution in [0.3, 0.4) is 0 Å². The summed E-state index contributed by atoms with van der Waals surface area (Å²) in [5.41, 5.74) is 0.752.